The van der Waals surface area contributed by atoms with E-state index in [4.69, 9.17) is 10.4 Å². The summed E-state index contributed by atoms with van der Waals surface area (Å²) < 4.78 is 0. The average Bonchev–Trinajstić information content (AvgIpc) is 2.34. The molecule has 1 N–H and O–H groups in total. The van der Waals surface area contributed by atoms with Crippen LogP contribution in [-0.4, -0.2) is 34.6 Å². The van der Waals surface area contributed by atoms with Crippen LogP contribution in [0.4, 0.5) is 11.5 Å². The largest absolute Gasteiger partial charge is 0.477 e. The van der Waals surface area contributed by atoms with Crippen LogP contribution in [0.5, 0.6) is 0 Å². The molecule has 0 saturated carbocycles. The van der Waals surface area contributed by atoms with Gasteiger partial charge in [-0.25, -0.2) is 9.78 Å². The van der Waals surface area contributed by atoms with E-state index in [1.807, 2.05) is 6.07 Å². The molecule has 0 aromatic carbocycles. The number of hydrogen-bond acceptors (Lipinski definition) is 6. The van der Waals surface area contributed by atoms with Gasteiger partial charge in [0, 0.05) is 19.7 Å². The smallest absolute Gasteiger partial charge is 0.342 e. The first kappa shape index (κ1) is 13.4. The molecule has 8 heteroatoms. The molecular weight excluding hydrogens is 240 g/mol. The lowest BCUT2D eigenvalue weighted by Crippen LogP contribution is -2.20. The summed E-state index contributed by atoms with van der Waals surface area (Å²) in [5.74, 6) is -1.12. The highest BCUT2D eigenvalue weighted by molar-refractivity contribution is 5.93. The molecule has 0 fully saturated rings. The number of nitrogens with zero attached hydrogens (tertiary/aromatic N) is 4. The maximum absolute atomic E-state index is 10.9. The number of nitro groups is 1. The van der Waals surface area contributed by atoms with Crippen LogP contribution in [0, 0.1) is 21.4 Å². The van der Waals surface area contributed by atoms with Crippen LogP contribution in [0.3, 0.4) is 0 Å². The van der Waals surface area contributed by atoms with Crippen LogP contribution < -0.4 is 4.90 Å². The normalized spacial score (nSPS) is 9.56. The molecule has 0 aliphatic rings. The topological polar surface area (TPSA) is 120 Å². The molecule has 0 spiro atoms. The summed E-state index contributed by atoms with van der Waals surface area (Å²) in [7, 11) is 1.62. The number of carbonyl (C=O) groups is 1. The summed E-state index contributed by atoms with van der Waals surface area (Å²) in [6.07, 6.45) is 1.15. The molecule has 0 saturated heterocycles. The number of anilines is 1. The summed E-state index contributed by atoms with van der Waals surface area (Å²) in [5.41, 5.74) is -0.978. The summed E-state index contributed by atoms with van der Waals surface area (Å²) >= 11 is 0. The second kappa shape index (κ2) is 5.58. The third kappa shape index (κ3) is 2.91. The maximum atomic E-state index is 10.9. The zero-order valence-electron chi connectivity index (χ0n) is 9.53. The average molecular weight is 250 g/mol. The molecule has 94 valence electrons. The zero-order valence-corrected chi connectivity index (χ0v) is 9.53. The van der Waals surface area contributed by atoms with Gasteiger partial charge < -0.3 is 10.0 Å². The number of carboxylic acid groups (broad SMARTS) is 1. The fourth-order valence-corrected chi connectivity index (χ4v) is 1.29. The Balaban J connectivity index is 3.11. The molecule has 0 aliphatic heterocycles. The molecule has 1 aromatic rings. The van der Waals surface area contributed by atoms with Crippen LogP contribution in [-0.2, 0) is 0 Å². The lowest BCUT2D eigenvalue weighted by atomic mass is 10.2. The Kier molecular flexibility index (Phi) is 4.15. The number of nitriles is 1. The third-order valence-corrected chi connectivity index (χ3v) is 2.25. The minimum Gasteiger partial charge on any atom is -0.477 e. The minimum atomic E-state index is -1.39. The standard InChI is InChI=1S/C10H10N4O4/c1-13(4-2-3-11)9-5-7(10(15)16)8(6-12-9)14(17)18/h5-6H,2,4H2,1H3,(H,15,16). The van der Waals surface area contributed by atoms with Crippen molar-refractivity contribution in [3.8, 4) is 6.07 Å². The molecule has 1 aromatic heterocycles. The van der Waals surface area contributed by atoms with E-state index in [1.165, 1.54) is 0 Å². The van der Waals surface area contributed by atoms with Crippen molar-refractivity contribution in [1.29, 1.82) is 5.26 Å². The highest BCUT2D eigenvalue weighted by atomic mass is 16.6. The van der Waals surface area contributed by atoms with E-state index in [9.17, 15) is 14.9 Å². The van der Waals surface area contributed by atoms with Crippen molar-refractivity contribution in [2.75, 3.05) is 18.5 Å². The van der Waals surface area contributed by atoms with Gasteiger partial charge in [0.15, 0.2) is 0 Å². The molecule has 0 unspecified atom stereocenters. The second-order valence-electron chi connectivity index (χ2n) is 3.45. The summed E-state index contributed by atoms with van der Waals surface area (Å²) in [6, 6.07) is 3.06. The van der Waals surface area contributed by atoms with Crippen LogP contribution in [0.25, 0.3) is 0 Å². The Hall–Kier alpha value is -2.69. The van der Waals surface area contributed by atoms with Crippen molar-refractivity contribution < 1.29 is 14.8 Å². The molecule has 0 radical (unpaired) electrons. The fourth-order valence-electron chi connectivity index (χ4n) is 1.29. The molecule has 8 nitrogen and oxygen atoms in total. The zero-order chi connectivity index (χ0) is 13.7. The predicted molar refractivity (Wildman–Crippen MR) is 61.4 cm³/mol. The van der Waals surface area contributed by atoms with E-state index in [-0.39, 0.29) is 12.2 Å². The van der Waals surface area contributed by atoms with Crippen LogP contribution >= 0.6 is 0 Å². The number of aromatic nitrogens is 1. The van der Waals surface area contributed by atoms with E-state index in [0.717, 1.165) is 12.3 Å². The molecule has 18 heavy (non-hydrogen) atoms. The minimum absolute atomic E-state index is 0.248. The molecule has 1 rings (SSSR count). The SMILES string of the molecule is CN(CCC#N)c1cc(C(=O)O)c([N+](=O)[O-])cn1. The van der Waals surface area contributed by atoms with Gasteiger partial charge in [0.05, 0.1) is 17.4 Å². The van der Waals surface area contributed by atoms with Gasteiger partial charge in [-0.15, -0.1) is 0 Å². The van der Waals surface area contributed by atoms with Gasteiger partial charge >= 0.3 is 11.7 Å². The molecule has 1 heterocycles. The quantitative estimate of drug-likeness (QED) is 0.612. The third-order valence-electron chi connectivity index (χ3n) is 2.25. The summed E-state index contributed by atoms with van der Waals surface area (Å²) in [5, 5.41) is 28.0. The van der Waals surface area contributed by atoms with E-state index < -0.39 is 22.1 Å². The van der Waals surface area contributed by atoms with Gasteiger partial charge in [0.1, 0.15) is 17.6 Å². The Morgan fingerprint density at radius 1 is 1.72 bits per heavy atom. The van der Waals surface area contributed by atoms with Gasteiger partial charge in [-0.05, 0) is 0 Å². The Morgan fingerprint density at radius 2 is 2.39 bits per heavy atom. The first-order valence-electron chi connectivity index (χ1n) is 4.93. The second-order valence-corrected chi connectivity index (χ2v) is 3.45. The van der Waals surface area contributed by atoms with Crippen LogP contribution in [0.2, 0.25) is 0 Å². The number of carboxylic acids is 1. The number of rotatable bonds is 5. The highest BCUT2D eigenvalue weighted by Crippen LogP contribution is 2.21. The van der Waals surface area contributed by atoms with Gasteiger partial charge in [0.2, 0.25) is 0 Å². The van der Waals surface area contributed by atoms with Crippen molar-refractivity contribution in [3.05, 3.63) is 27.9 Å². The van der Waals surface area contributed by atoms with Crippen LogP contribution in [0.1, 0.15) is 16.8 Å². The van der Waals surface area contributed by atoms with Crippen molar-refractivity contribution in [2.24, 2.45) is 0 Å². The van der Waals surface area contributed by atoms with E-state index >= 15 is 0 Å². The van der Waals surface area contributed by atoms with E-state index in [1.54, 1.807) is 11.9 Å². The van der Waals surface area contributed by atoms with Crippen molar-refractivity contribution >= 4 is 17.5 Å². The maximum Gasteiger partial charge on any atom is 0.342 e. The molecule has 0 bridgehead atoms. The highest BCUT2D eigenvalue weighted by Gasteiger charge is 2.21. The monoisotopic (exact) mass is 250 g/mol. The lowest BCUT2D eigenvalue weighted by Gasteiger charge is -2.16. The number of pyridine rings is 1. The predicted octanol–water partition coefficient (Wildman–Crippen LogP) is 1.04. The first-order valence-corrected chi connectivity index (χ1v) is 4.93. The molecule has 0 atom stereocenters. The Labute approximate surface area is 102 Å². The van der Waals surface area contributed by atoms with Crippen molar-refractivity contribution in [3.63, 3.8) is 0 Å². The Bertz CT molecular complexity index is 523. The summed E-state index contributed by atoms with van der Waals surface area (Å²) in [6.45, 7) is 0.361. The van der Waals surface area contributed by atoms with Gasteiger partial charge in [0.25, 0.3) is 0 Å². The van der Waals surface area contributed by atoms with Gasteiger partial charge in [-0.2, -0.15) is 5.26 Å². The molecular formula is C10H10N4O4. The summed E-state index contributed by atoms with van der Waals surface area (Å²) in [4.78, 5) is 26.1. The van der Waals surface area contributed by atoms with Gasteiger partial charge in [-0.3, -0.25) is 10.1 Å². The lowest BCUT2D eigenvalue weighted by molar-refractivity contribution is -0.385. The number of aromatic carboxylic acids is 1. The van der Waals surface area contributed by atoms with Gasteiger partial charge in [-0.1, -0.05) is 0 Å². The first-order chi connectivity index (χ1) is 8.47. The van der Waals surface area contributed by atoms with E-state index in [0.29, 0.717) is 6.54 Å². The van der Waals surface area contributed by atoms with Crippen molar-refractivity contribution in [2.45, 2.75) is 6.42 Å². The fraction of sp³-hybridized carbons (Fsp3) is 0.300. The Morgan fingerprint density at radius 3 is 2.89 bits per heavy atom. The van der Waals surface area contributed by atoms with E-state index in [2.05, 4.69) is 4.98 Å². The molecule has 0 aliphatic carbocycles. The molecule has 0 amide bonds. The number of hydrogen-bond donors (Lipinski definition) is 1. The van der Waals surface area contributed by atoms with Crippen molar-refractivity contribution in [1.82, 2.24) is 4.98 Å². The van der Waals surface area contributed by atoms with Crippen LogP contribution in [0.15, 0.2) is 12.3 Å².